The molecular weight excluding hydrogens is 206 g/mol. The average Bonchev–Trinajstić information content (AvgIpc) is 1.92. The molecule has 0 N–H and O–H groups in total. The van der Waals surface area contributed by atoms with Gasteiger partial charge >= 0.3 is 5.91 Å². The zero-order valence-corrected chi connectivity index (χ0v) is 9.44. The molecule has 2 nitrogen and oxygen atoms in total. The zero-order chi connectivity index (χ0) is 8.20. The van der Waals surface area contributed by atoms with Gasteiger partial charge in [0, 0.05) is 0 Å². The van der Waals surface area contributed by atoms with Crippen LogP contribution in [0.1, 0.15) is 27.7 Å². The van der Waals surface area contributed by atoms with E-state index in [4.69, 9.17) is 0 Å². The number of hydrogen-bond donors (Lipinski definition) is 0. The number of hydrogen-bond acceptors (Lipinski definition) is 1. The fourth-order valence-electron chi connectivity index (χ4n) is 1.34. The minimum absolute atomic E-state index is 0. The van der Waals surface area contributed by atoms with Gasteiger partial charge < -0.3 is 17.0 Å². The Morgan fingerprint density at radius 2 is 1.36 bits per heavy atom. The highest BCUT2D eigenvalue weighted by atomic mass is 79.9. The lowest BCUT2D eigenvalue weighted by Gasteiger charge is -2.31. The molecule has 0 saturated heterocycles. The minimum Gasteiger partial charge on any atom is -1.00 e. The topological polar surface area (TPSA) is 17.1 Å². The largest absolute Gasteiger partial charge is 1.00 e. The highest BCUT2D eigenvalue weighted by molar-refractivity contribution is 5.65. The van der Waals surface area contributed by atoms with Gasteiger partial charge in [0.25, 0.3) is 0 Å². The Morgan fingerprint density at radius 3 is 1.36 bits per heavy atom. The van der Waals surface area contributed by atoms with E-state index in [9.17, 15) is 4.79 Å². The van der Waals surface area contributed by atoms with Gasteiger partial charge in [0.05, 0.1) is 26.6 Å². The van der Waals surface area contributed by atoms with Crippen LogP contribution in [0, 0.1) is 0 Å². The van der Waals surface area contributed by atoms with Crippen molar-refractivity contribution in [1.82, 2.24) is 0 Å². The third-order valence-corrected chi connectivity index (χ3v) is 2.48. The Labute approximate surface area is 79.9 Å². The molecule has 11 heavy (non-hydrogen) atoms. The standard InChI is InChI=1S/C8H18NO.BrH/c1-5-9(6-2,7-3)8(4)10;/h5-7H2,1-4H3;1H/q+1;/p-1. The number of rotatable bonds is 3. The molecule has 0 aromatic rings. The summed E-state index contributed by atoms with van der Waals surface area (Å²) in [5, 5.41) is 0. The van der Waals surface area contributed by atoms with E-state index in [1.54, 1.807) is 6.92 Å². The van der Waals surface area contributed by atoms with E-state index in [1.165, 1.54) is 0 Å². The van der Waals surface area contributed by atoms with Crippen LogP contribution in [-0.2, 0) is 4.79 Å². The van der Waals surface area contributed by atoms with Crippen LogP contribution in [0.15, 0.2) is 0 Å². The lowest BCUT2D eigenvalue weighted by atomic mass is 10.3. The Bertz CT molecular complexity index is 113. The second kappa shape index (κ2) is 5.72. The fraction of sp³-hybridized carbons (Fsp3) is 0.875. The summed E-state index contributed by atoms with van der Waals surface area (Å²) in [6, 6.07) is 0. The summed E-state index contributed by atoms with van der Waals surface area (Å²) < 4.78 is 0.625. The molecule has 1 amide bonds. The van der Waals surface area contributed by atoms with Crippen LogP contribution in [-0.4, -0.2) is 30.0 Å². The Morgan fingerprint density at radius 1 is 1.09 bits per heavy atom. The van der Waals surface area contributed by atoms with Crippen molar-refractivity contribution >= 4 is 5.91 Å². The van der Waals surface area contributed by atoms with Crippen molar-refractivity contribution in [1.29, 1.82) is 0 Å². The van der Waals surface area contributed by atoms with Gasteiger partial charge in [-0.05, 0) is 20.8 Å². The van der Waals surface area contributed by atoms with E-state index < -0.39 is 0 Å². The fourth-order valence-corrected chi connectivity index (χ4v) is 1.34. The normalized spacial score (nSPS) is 10.5. The minimum atomic E-state index is 0. The first-order chi connectivity index (χ1) is 4.63. The molecule has 0 aliphatic carbocycles. The van der Waals surface area contributed by atoms with Crippen molar-refractivity contribution in [3.8, 4) is 0 Å². The molecule has 0 rings (SSSR count). The molecule has 0 aliphatic rings. The SMILES string of the molecule is CC[N+](CC)(CC)C(C)=O.[Br-]. The van der Waals surface area contributed by atoms with Crippen LogP contribution in [0.5, 0.6) is 0 Å². The molecule has 0 aromatic heterocycles. The maximum Gasteiger partial charge on any atom is 0.310 e. The summed E-state index contributed by atoms with van der Waals surface area (Å²) in [5.41, 5.74) is 0. The summed E-state index contributed by atoms with van der Waals surface area (Å²) >= 11 is 0. The third kappa shape index (κ3) is 2.91. The van der Waals surface area contributed by atoms with Gasteiger partial charge in [0.2, 0.25) is 0 Å². The molecule has 0 saturated carbocycles. The summed E-state index contributed by atoms with van der Waals surface area (Å²) in [6.45, 7) is 10.6. The second-order valence-electron chi connectivity index (χ2n) is 2.61. The smallest absolute Gasteiger partial charge is 0.310 e. The van der Waals surface area contributed by atoms with E-state index >= 15 is 0 Å². The predicted molar refractivity (Wildman–Crippen MR) is 42.6 cm³/mol. The monoisotopic (exact) mass is 223 g/mol. The lowest BCUT2D eigenvalue weighted by Crippen LogP contribution is -3.00. The first-order valence-electron chi connectivity index (χ1n) is 4.00. The molecule has 0 heterocycles. The molecule has 0 bridgehead atoms. The highest BCUT2D eigenvalue weighted by Gasteiger charge is 2.26. The first kappa shape index (κ1) is 13.7. The number of amides is 1. The van der Waals surface area contributed by atoms with Crippen molar-refractivity contribution in [2.24, 2.45) is 0 Å². The molecule has 0 aromatic carbocycles. The molecule has 68 valence electrons. The maximum atomic E-state index is 11.1. The van der Waals surface area contributed by atoms with E-state index in [2.05, 4.69) is 20.8 Å². The number of nitrogens with zero attached hydrogens (tertiary/aromatic N) is 1. The van der Waals surface area contributed by atoms with Gasteiger partial charge in [0.15, 0.2) is 0 Å². The summed E-state index contributed by atoms with van der Waals surface area (Å²) in [4.78, 5) is 11.1. The number of quaternary nitrogens is 1. The number of halogens is 1. The Balaban J connectivity index is 0. The van der Waals surface area contributed by atoms with Crippen LogP contribution in [0.25, 0.3) is 0 Å². The van der Waals surface area contributed by atoms with Gasteiger partial charge in [-0.15, -0.1) is 0 Å². The number of carbonyl (C=O) groups is 1. The number of carbonyl (C=O) groups excluding carboxylic acids is 1. The highest BCUT2D eigenvalue weighted by Crippen LogP contribution is 2.05. The van der Waals surface area contributed by atoms with Crippen molar-refractivity contribution in [3.05, 3.63) is 0 Å². The predicted octanol–water partition coefficient (Wildman–Crippen LogP) is -1.59. The molecule has 0 unspecified atom stereocenters. The molecule has 0 radical (unpaired) electrons. The van der Waals surface area contributed by atoms with Gasteiger partial charge in [-0.1, -0.05) is 0 Å². The van der Waals surface area contributed by atoms with Gasteiger partial charge in [-0.2, -0.15) is 0 Å². The first-order valence-corrected chi connectivity index (χ1v) is 4.00. The van der Waals surface area contributed by atoms with Crippen LogP contribution in [0.4, 0.5) is 0 Å². The third-order valence-electron chi connectivity index (χ3n) is 2.48. The molecular formula is C8H18BrNO. The van der Waals surface area contributed by atoms with Gasteiger partial charge in [-0.25, -0.2) is 4.79 Å². The molecule has 0 spiro atoms. The zero-order valence-electron chi connectivity index (χ0n) is 7.85. The average molecular weight is 224 g/mol. The maximum absolute atomic E-state index is 11.1. The van der Waals surface area contributed by atoms with Gasteiger partial charge in [0.1, 0.15) is 0 Å². The van der Waals surface area contributed by atoms with Crippen LogP contribution < -0.4 is 17.0 Å². The van der Waals surface area contributed by atoms with Crippen molar-refractivity contribution in [3.63, 3.8) is 0 Å². The van der Waals surface area contributed by atoms with E-state index in [0.29, 0.717) is 4.48 Å². The van der Waals surface area contributed by atoms with E-state index in [-0.39, 0.29) is 22.9 Å². The van der Waals surface area contributed by atoms with Crippen LogP contribution in [0.2, 0.25) is 0 Å². The summed E-state index contributed by atoms with van der Waals surface area (Å²) in [7, 11) is 0. The second-order valence-corrected chi connectivity index (χ2v) is 2.61. The summed E-state index contributed by atoms with van der Waals surface area (Å²) in [6.07, 6.45) is 0. The van der Waals surface area contributed by atoms with E-state index in [0.717, 1.165) is 19.6 Å². The molecule has 0 atom stereocenters. The van der Waals surface area contributed by atoms with Crippen molar-refractivity contribution in [2.75, 3.05) is 19.6 Å². The quantitative estimate of drug-likeness (QED) is 0.528. The van der Waals surface area contributed by atoms with Gasteiger partial charge in [-0.3, -0.25) is 4.48 Å². The van der Waals surface area contributed by atoms with E-state index in [1.807, 2.05) is 0 Å². The Kier molecular flexibility index (Phi) is 7.12. The lowest BCUT2D eigenvalue weighted by molar-refractivity contribution is -0.848. The van der Waals surface area contributed by atoms with Crippen molar-refractivity contribution in [2.45, 2.75) is 27.7 Å². The summed E-state index contributed by atoms with van der Waals surface area (Å²) in [5.74, 6) is 0.285. The molecule has 0 aliphatic heterocycles. The molecule has 0 fully saturated rings. The van der Waals surface area contributed by atoms with Crippen molar-refractivity contribution < 1.29 is 26.3 Å². The molecule has 3 heteroatoms. The van der Waals surface area contributed by atoms with Crippen LogP contribution in [0.3, 0.4) is 0 Å². The Hall–Kier alpha value is 0.110. The van der Waals surface area contributed by atoms with Crippen LogP contribution >= 0.6 is 0 Å².